The highest BCUT2D eigenvalue weighted by Gasteiger charge is 2.11. The van der Waals surface area contributed by atoms with Crippen LogP contribution in [0.4, 0.5) is 0 Å². The minimum absolute atomic E-state index is 0.459. The lowest BCUT2D eigenvalue weighted by Crippen LogP contribution is -2.06. The van der Waals surface area contributed by atoms with Crippen LogP contribution in [0.3, 0.4) is 0 Å². The molecule has 2 aromatic rings. The molecule has 0 bridgehead atoms. The second kappa shape index (κ2) is 7.42. The highest BCUT2D eigenvalue weighted by atomic mass is 127. The van der Waals surface area contributed by atoms with Crippen molar-refractivity contribution >= 4 is 39.9 Å². The molecular weight excluding hydrogens is 407 g/mol. The minimum Gasteiger partial charge on any atom is -0.488 e. The van der Waals surface area contributed by atoms with Gasteiger partial charge in [-0.25, -0.2) is 0 Å². The van der Waals surface area contributed by atoms with Gasteiger partial charge in [-0.15, -0.1) is 0 Å². The van der Waals surface area contributed by atoms with Crippen molar-refractivity contribution in [1.82, 2.24) is 0 Å². The van der Waals surface area contributed by atoms with Crippen LogP contribution in [0.2, 0.25) is 0 Å². The maximum absolute atomic E-state index is 6.03. The Balaban J connectivity index is 2.25. The van der Waals surface area contributed by atoms with E-state index in [1.54, 1.807) is 6.92 Å². The second-order valence-electron chi connectivity index (χ2n) is 5.30. The van der Waals surface area contributed by atoms with Crippen LogP contribution in [0.5, 0.6) is 11.5 Å². The summed E-state index contributed by atoms with van der Waals surface area (Å²) < 4.78 is 12.8. The van der Waals surface area contributed by atoms with Crippen LogP contribution >= 0.6 is 34.8 Å². The van der Waals surface area contributed by atoms with Crippen LogP contribution in [0.1, 0.15) is 29.2 Å². The van der Waals surface area contributed by atoms with Gasteiger partial charge in [0.1, 0.15) is 18.1 Å². The van der Waals surface area contributed by atoms with Crippen LogP contribution in [-0.4, -0.2) is 5.05 Å². The number of hydrogen-bond acceptors (Lipinski definition) is 3. The normalized spacial score (nSPS) is 10.4. The molecule has 0 unspecified atom stereocenters. The SMILES string of the molecule is CC(=S)Oc1cccc(I)c1COc1cc(C)c(C)cc1C. The fourth-order valence-electron chi connectivity index (χ4n) is 2.17. The molecule has 0 radical (unpaired) electrons. The smallest absolute Gasteiger partial charge is 0.164 e. The minimum atomic E-state index is 0.459. The topological polar surface area (TPSA) is 18.5 Å². The highest BCUT2D eigenvalue weighted by Crippen LogP contribution is 2.28. The van der Waals surface area contributed by atoms with Crippen molar-refractivity contribution in [1.29, 1.82) is 0 Å². The molecule has 0 aliphatic heterocycles. The van der Waals surface area contributed by atoms with Crippen molar-refractivity contribution in [3.63, 3.8) is 0 Å². The largest absolute Gasteiger partial charge is 0.488 e. The standard InChI is InChI=1S/C18H19IO2S/c1-11-8-13(3)18(9-12(11)2)20-10-15-16(19)6-5-7-17(15)21-14(4)22/h5-9H,10H2,1-4H3. The van der Waals surface area contributed by atoms with E-state index in [4.69, 9.17) is 21.7 Å². The average Bonchev–Trinajstić information content (AvgIpc) is 2.43. The molecule has 0 saturated heterocycles. The van der Waals surface area contributed by atoms with Gasteiger partial charge >= 0.3 is 0 Å². The summed E-state index contributed by atoms with van der Waals surface area (Å²) in [5.41, 5.74) is 4.67. The molecular formula is C18H19IO2S. The van der Waals surface area contributed by atoms with Gasteiger partial charge in [-0.2, -0.15) is 0 Å². The van der Waals surface area contributed by atoms with Gasteiger partial charge in [-0.3, -0.25) is 0 Å². The lowest BCUT2D eigenvalue weighted by atomic mass is 10.1. The zero-order valence-electron chi connectivity index (χ0n) is 13.2. The van der Waals surface area contributed by atoms with E-state index in [-0.39, 0.29) is 0 Å². The molecule has 2 nitrogen and oxygen atoms in total. The van der Waals surface area contributed by atoms with Crippen LogP contribution < -0.4 is 9.47 Å². The van der Waals surface area contributed by atoms with Crippen LogP contribution in [-0.2, 0) is 6.61 Å². The molecule has 22 heavy (non-hydrogen) atoms. The van der Waals surface area contributed by atoms with Crippen molar-refractivity contribution in [2.75, 3.05) is 0 Å². The number of hydrogen-bond donors (Lipinski definition) is 0. The van der Waals surface area contributed by atoms with Crippen LogP contribution in [0.25, 0.3) is 0 Å². The van der Waals surface area contributed by atoms with Crippen molar-refractivity contribution in [2.24, 2.45) is 0 Å². The molecule has 0 N–H and O–H groups in total. The summed E-state index contributed by atoms with van der Waals surface area (Å²) in [7, 11) is 0. The van der Waals surface area contributed by atoms with E-state index < -0.39 is 0 Å². The third-order valence-electron chi connectivity index (χ3n) is 3.49. The highest BCUT2D eigenvalue weighted by molar-refractivity contribution is 14.1. The van der Waals surface area contributed by atoms with E-state index >= 15 is 0 Å². The maximum atomic E-state index is 6.03. The van der Waals surface area contributed by atoms with E-state index in [9.17, 15) is 0 Å². The Kier molecular flexibility index (Phi) is 5.81. The van der Waals surface area contributed by atoms with Gasteiger partial charge in [0.05, 0.1) is 0 Å². The lowest BCUT2D eigenvalue weighted by Gasteiger charge is -2.15. The Morgan fingerprint density at radius 2 is 1.73 bits per heavy atom. The molecule has 0 spiro atoms. The molecule has 0 fully saturated rings. The molecule has 0 aliphatic rings. The Morgan fingerprint density at radius 1 is 1.05 bits per heavy atom. The number of thiocarbonyl (C=S) groups is 1. The quantitative estimate of drug-likeness (QED) is 0.474. The monoisotopic (exact) mass is 426 g/mol. The van der Waals surface area contributed by atoms with E-state index in [0.717, 1.165) is 26.2 Å². The summed E-state index contributed by atoms with van der Waals surface area (Å²) in [6.07, 6.45) is 0. The van der Waals surface area contributed by atoms with Crippen molar-refractivity contribution in [3.05, 3.63) is 56.2 Å². The predicted octanol–water partition coefficient (Wildman–Crippen LogP) is 5.52. The molecule has 0 amide bonds. The third-order valence-corrected chi connectivity index (χ3v) is 4.59. The first-order chi connectivity index (χ1) is 10.4. The summed E-state index contributed by atoms with van der Waals surface area (Å²) in [6.45, 7) is 8.50. The third kappa shape index (κ3) is 4.20. The molecule has 116 valence electrons. The van der Waals surface area contributed by atoms with E-state index in [1.165, 1.54) is 11.1 Å². The summed E-state index contributed by atoms with van der Waals surface area (Å²) in [5.74, 6) is 1.67. The molecule has 0 aliphatic carbocycles. The van der Waals surface area contributed by atoms with Gasteiger partial charge in [0, 0.05) is 16.1 Å². The molecule has 0 heterocycles. The van der Waals surface area contributed by atoms with E-state index in [2.05, 4.69) is 55.5 Å². The fraction of sp³-hybridized carbons (Fsp3) is 0.278. The molecule has 0 aromatic heterocycles. The number of rotatable bonds is 4. The Bertz CT molecular complexity index is 710. The maximum Gasteiger partial charge on any atom is 0.164 e. The summed E-state index contributed by atoms with van der Waals surface area (Å²) in [5, 5.41) is 0.505. The first kappa shape index (κ1) is 17.2. The van der Waals surface area contributed by atoms with E-state index in [0.29, 0.717) is 11.7 Å². The second-order valence-corrected chi connectivity index (χ2v) is 7.04. The Morgan fingerprint density at radius 3 is 2.41 bits per heavy atom. The van der Waals surface area contributed by atoms with Crippen LogP contribution in [0, 0.1) is 24.3 Å². The summed E-state index contributed by atoms with van der Waals surface area (Å²) in [4.78, 5) is 0. The zero-order chi connectivity index (χ0) is 16.3. The van der Waals surface area contributed by atoms with Gasteiger partial charge in [-0.1, -0.05) is 12.1 Å². The fourth-order valence-corrected chi connectivity index (χ4v) is 2.89. The Labute approximate surface area is 151 Å². The first-order valence-electron chi connectivity index (χ1n) is 7.05. The van der Waals surface area contributed by atoms with E-state index in [1.807, 2.05) is 18.2 Å². The number of aryl methyl sites for hydroxylation is 3. The van der Waals surface area contributed by atoms with Crippen molar-refractivity contribution < 1.29 is 9.47 Å². The van der Waals surface area contributed by atoms with Gasteiger partial charge in [0.15, 0.2) is 5.05 Å². The molecule has 4 heteroatoms. The average molecular weight is 426 g/mol. The zero-order valence-corrected chi connectivity index (χ0v) is 16.2. The molecule has 0 atom stereocenters. The van der Waals surface area contributed by atoms with Gasteiger partial charge < -0.3 is 9.47 Å². The number of halogens is 1. The molecule has 2 aromatic carbocycles. The molecule has 2 rings (SSSR count). The lowest BCUT2D eigenvalue weighted by molar-refractivity contribution is 0.299. The van der Waals surface area contributed by atoms with Crippen molar-refractivity contribution in [2.45, 2.75) is 34.3 Å². The van der Waals surface area contributed by atoms with Gasteiger partial charge in [-0.05, 0) is 90.5 Å². The number of benzene rings is 2. The van der Waals surface area contributed by atoms with Gasteiger partial charge in [0.2, 0.25) is 0 Å². The van der Waals surface area contributed by atoms with Crippen molar-refractivity contribution in [3.8, 4) is 11.5 Å². The predicted molar refractivity (Wildman–Crippen MR) is 103 cm³/mol. The van der Waals surface area contributed by atoms with Gasteiger partial charge in [0.25, 0.3) is 0 Å². The van der Waals surface area contributed by atoms with Crippen LogP contribution in [0.15, 0.2) is 30.3 Å². The molecule has 0 saturated carbocycles. The number of ether oxygens (including phenoxy) is 2. The summed E-state index contributed by atoms with van der Waals surface area (Å²) >= 11 is 7.34. The Hall–Kier alpha value is -1.14. The summed E-state index contributed by atoms with van der Waals surface area (Å²) in [6, 6.07) is 10.2. The first-order valence-corrected chi connectivity index (χ1v) is 8.53.